The average molecular weight is 220 g/mol. The second-order valence-electron chi connectivity index (χ2n) is 2.15. The molecule has 0 fully saturated rings. The third-order valence-corrected chi connectivity index (χ3v) is 3.85. The first-order chi connectivity index (χ1) is 4.66. The van der Waals surface area contributed by atoms with E-state index in [-0.39, 0.29) is 6.61 Å². The highest BCUT2D eigenvalue weighted by Crippen LogP contribution is 2.31. The predicted molar refractivity (Wildman–Crippen MR) is 45.9 cm³/mol. The van der Waals surface area contributed by atoms with Gasteiger partial charge in [0, 0.05) is 19.8 Å². The van der Waals surface area contributed by atoms with Crippen LogP contribution in [-0.4, -0.2) is 0 Å². The van der Waals surface area contributed by atoms with E-state index >= 15 is 0 Å². The van der Waals surface area contributed by atoms with Crippen LogP contribution in [0.5, 0.6) is 0 Å². The Morgan fingerprint density at radius 1 is 1.40 bits per heavy atom. The molecule has 1 nitrogen and oxygen atoms in total. The minimum absolute atomic E-state index is 0.114. The lowest BCUT2D eigenvalue weighted by Gasteiger charge is -1.90. The monoisotopic (exact) mass is 219 g/mol. The zero-order valence-corrected chi connectivity index (χ0v) is 8.30. The molecule has 0 bridgehead atoms. The van der Waals surface area contributed by atoms with E-state index in [1.54, 1.807) is 11.3 Å². The summed E-state index contributed by atoms with van der Waals surface area (Å²) < 4.78 is 1.00. The fourth-order valence-corrected chi connectivity index (χ4v) is 2.61. The van der Waals surface area contributed by atoms with Crippen LogP contribution in [0.1, 0.15) is 15.3 Å². The highest BCUT2D eigenvalue weighted by molar-refractivity contribution is 9.10. The molecule has 0 spiro atoms. The molecular formula is C7H8BrOS. The summed E-state index contributed by atoms with van der Waals surface area (Å²) >= 11 is 5.05. The molecule has 0 saturated carbocycles. The van der Waals surface area contributed by atoms with E-state index in [2.05, 4.69) is 15.9 Å². The quantitative estimate of drug-likeness (QED) is 0.693. The SMILES string of the molecule is Cc1sc(C)c(C[O])c1Br. The summed E-state index contributed by atoms with van der Waals surface area (Å²) in [6.07, 6.45) is 0. The molecule has 1 aromatic heterocycles. The second-order valence-corrected chi connectivity index (χ2v) is 4.37. The van der Waals surface area contributed by atoms with E-state index in [1.807, 2.05) is 13.8 Å². The third-order valence-electron chi connectivity index (χ3n) is 1.45. The van der Waals surface area contributed by atoms with Gasteiger partial charge >= 0.3 is 0 Å². The van der Waals surface area contributed by atoms with Crippen molar-refractivity contribution in [1.82, 2.24) is 0 Å². The summed E-state index contributed by atoms with van der Waals surface area (Å²) in [4.78, 5) is 2.34. The largest absolute Gasteiger partial charge is 0.231 e. The molecule has 10 heavy (non-hydrogen) atoms. The van der Waals surface area contributed by atoms with Crippen molar-refractivity contribution in [2.75, 3.05) is 0 Å². The summed E-state index contributed by atoms with van der Waals surface area (Å²) in [5.41, 5.74) is 0.919. The van der Waals surface area contributed by atoms with Gasteiger partial charge in [-0.25, -0.2) is 5.11 Å². The topological polar surface area (TPSA) is 19.9 Å². The molecule has 0 aliphatic rings. The van der Waals surface area contributed by atoms with Crippen molar-refractivity contribution in [3.05, 3.63) is 19.8 Å². The Kier molecular flexibility index (Phi) is 2.50. The molecule has 0 N–H and O–H groups in total. The van der Waals surface area contributed by atoms with Gasteiger partial charge in [-0.15, -0.1) is 11.3 Å². The van der Waals surface area contributed by atoms with Crippen LogP contribution in [0.4, 0.5) is 0 Å². The summed E-state index contributed by atoms with van der Waals surface area (Å²) in [5.74, 6) is 0. The van der Waals surface area contributed by atoms with Gasteiger partial charge in [0.1, 0.15) is 6.61 Å². The van der Waals surface area contributed by atoms with Crippen molar-refractivity contribution in [3.8, 4) is 0 Å². The molecule has 1 aromatic rings. The Morgan fingerprint density at radius 2 is 2.00 bits per heavy atom. The second kappa shape index (κ2) is 3.03. The smallest absolute Gasteiger partial charge is 0.109 e. The molecular weight excluding hydrogens is 212 g/mol. The van der Waals surface area contributed by atoms with Gasteiger partial charge in [0.2, 0.25) is 0 Å². The van der Waals surface area contributed by atoms with Crippen LogP contribution < -0.4 is 0 Å². The van der Waals surface area contributed by atoms with E-state index in [4.69, 9.17) is 0 Å². The van der Waals surface area contributed by atoms with Crippen LogP contribution in [0, 0.1) is 13.8 Å². The van der Waals surface area contributed by atoms with E-state index in [0.717, 1.165) is 14.9 Å². The molecule has 55 valence electrons. The van der Waals surface area contributed by atoms with Gasteiger partial charge in [-0.2, -0.15) is 0 Å². The standard InChI is InChI=1S/C7H8BrOS/c1-4-6(3-9)7(8)5(2)10-4/h3H2,1-2H3. The van der Waals surface area contributed by atoms with Crippen molar-refractivity contribution in [3.63, 3.8) is 0 Å². The van der Waals surface area contributed by atoms with E-state index < -0.39 is 0 Å². The van der Waals surface area contributed by atoms with Crippen LogP contribution in [0.15, 0.2) is 4.47 Å². The fourth-order valence-electron chi connectivity index (χ4n) is 0.868. The van der Waals surface area contributed by atoms with Crippen LogP contribution >= 0.6 is 27.3 Å². The van der Waals surface area contributed by atoms with Crippen molar-refractivity contribution in [2.45, 2.75) is 20.5 Å². The maximum Gasteiger partial charge on any atom is 0.109 e. The van der Waals surface area contributed by atoms with Gasteiger partial charge in [-0.1, -0.05) is 0 Å². The molecule has 1 heterocycles. The number of rotatable bonds is 1. The average Bonchev–Trinajstić information content (AvgIpc) is 2.09. The summed E-state index contributed by atoms with van der Waals surface area (Å²) in [6, 6.07) is 0. The van der Waals surface area contributed by atoms with Crippen LogP contribution in [-0.2, 0) is 11.7 Å². The molecule has 0 saturated heterocycles. The number of thiophene rings is 1. The van der Waals surface area contributed by atoms with Crippen LogP contribution in [0.2, 0.25) is 0 Å². The first-order valence-corrected chi connectivity index (χ1v) is 4.60. The lowest BCUT2D eigenvalue weighted by Crippen LogP contribution is -1.80. The van der Waals surface area contributed by atoms with Crippen LogP contribution in [0.25, 0.3) is 0 Å². The minimum atomic E-state index is -0.114. The van der Waals surface area contributed by atoms with Crippen molar-refractivity contribution >= 4 is 27.3 Å². The highest BCUT2D eigenvalue weighted by atomic mass is 79.9. The van der Waals surface area contributed by atoms with Crippen molar-refractivity contribution in [2.24, 2.45) is 0 Å². The van der Waals surface area contributed by atoms with Crippen molar-refractivity contribution < 1.29 is 5.11 Å². The molecule has 0 aromatic carbocycles. The van der Waals surface area contributed by atoms with Gasteiger partial charge < -0.3 is 0 Å². The Labute approximate surface area is 72.8 Å². The van der Waals surface area contributed by atoms with Gasteiger partial charge in [0.05, 0.1) is 0 Å². The lowest BCUT2D eigenvalue weighted by molar-refractivity contribution is 0.177. The highest BCUT2D eigenvalue weighted by Gasteiger charge is 2.08. The van der Waals surface area contributed by atoms with Crippen molar-refractivity contribution in [1.29, 1.82) is 0 Å². The molecule has 1 rings (SSSR count). The van der Waals surface area contributed by atoms with Crippen LogP contribution in [0.3, 0.4) is 0 Å². The number of halogens is 1. The first-order valence-electron chi connectivity index (χ1n) is 2.99. The predicted octanol–water partition coefficient (Wildman–Crippen LogP) is 3.06. The summed E-state index contributed by atoms with van der Waals surface area (Å²) in [6.45, 7) is 3.88. The number of hydrogen-bond acceptors (Lipinski definition) is 1. The Bertz CT molecular complexity index is 242. The maximum absolute atomic E-state index is 10.6. The lowest BCUT2D eigenvalue weighted by atomic mass is 10.3. The van der Waals surface area contributed by atoms with Gasteiger partial charge in [-0.3, -0.25) is 0 Å². The fraction of sp³-hybridized carbons (Fsp3) is 0.429. The molecule has 0 unspecified atom stereocenters. The minimum Gasteiger partial charge on any atom is -0.231 e. The number of aryl methyl sites for hydroxylation is 2. The van der Waals surface area contributed by atoms with Gasteiger partial charge in [-0.05, 0) is 29.8 Å². The zero-order valence-electron chi connectivity index (χ0n) is 5.90. The first kappa shape index (κ1) is 8.24. The summed E-state index contributed by atoms with van der Waals surface area (Å²) in [7, 11) is 0. The summed E-state index contributed by atoms with van der Waals surface area (Å²) in [5, 5.41) is 10.6. The zero-order chi connectivity index (χ0) is 7.72. The molecule has 1 radical (unpaired) electrons. The molecule has 0 atom stereocenters. The number of hydrogen-bond donors (Lipinski definition) is 0. The molecule has 0 aliphatic heterocycles. The molecule has 0 aliphatic carbocycles. The Morgan fingerprint density at radius 3 is 2.20 bits per heavy atom. The Balaban J connectivity index is 3.20. The van der Waals surface area contributed by atoms with E-state index in [1.165, 1.54) is 4.88 Å². The molecule has 0 amide bonds. The molecule has 3 heteroatoms. The van der Waals surface area contributed by atoms with Gasteiger partial charge in [0.15, 0.2) is 0 Å². The van der Waals surface area contributed by atoms with E-state index in [9.17, 15) is 5.11 Å². The normalized spacial score (nSPS) is 10.4. The van der Waals surface area contributed by atoms with E-state index in [0.29, 0.717) is 0 Å². The van der Waals surface area contributed by atoms with Gasteiger partial charge in [0.25, 0.3) is 0 Å². The maximum atomic E-state index is 10.6. The Hall–Kier alpha value is 0.140. The third kappa shape index (κ3) is 1.26.